The summed E-state index contributed by atoms with van der Waals surface area (Å²) in [5.41, 5.74) is 0. The minimum absolute atomic E-state index is 0.0403. The standard InChI is InChI=1S/C13H30O7Si2/c1-8-12(2)13(14)18-11-22(15-3,16-4)20-10-17-9-19-21(5,6)7/h12H,8-11H2,1-7H3. The number of rotatable bonds is 12. The Hall–Kier alpha value is -0.296. The summed E-state index contributed by atoms with van der Waals surface area (Å²) in [5.74, 6) is -0.457. The summed E-state index contributed by atoms with van der Waals surface area (Å²) in [5, 5.41) is 0. The van der Waals surface area contributed by atoms with Gasteiger partial charge in [-0.05, 0) is 26.1 Å². The Kier molecular flexibility index (Phi) is 10.3. The van der Waals surface area contributed by atoms with Gasteiger partial charge in [-0.15, -0.1) is 0 Å². The molecule has 1 atom stereocenters. The van der Waals surface area contributed by atoms with Crippen LogP contribution in [0.4, 0.5) is 0 Å². The Labute approximate surface area is 135 Å². The normalized spacial score (nSPS) is 14.0. The molecule has 0 aliphatic heterocycles. The van der Waals surface area contributed by atoms with Crippen molar-refractivity contribution in [1.29, 1.82) is 0 Å². The maximum absolute atomic E-state index is 11.7. The van der Waals surface area contributed by atoms with Crippen molar-refractivity contribution in [2.24, 2.45) is 5.92 Å². The van der Waals surface area contributed by atoms with Gasteiger partial charge < -0.3 is 27.2 Å². The zero-order valence-electron chi connectivity index (χ0n) is 14.8. The number of esters is 1. The first kappa shape index (κ1) is 21.7. The van der Waals surface area contributed by atoms with Gasteiger partial charge in [-0.3, -0.25) is 4.79 Å². The Bertz CT molecular complexity index is 316. The van der Waals surface area contributed by atoms with Gasteiger partial charge in [-0.2, -0.15) is 0 Å². The van der Waals surface area contributed by atoms with Crippen LogP contribution in [-0.4, -0.2) is 57.1 Å². The molecule has 0 aromatic carbocycles. The lowest BCUT2D eigenvalue weighted by Crippen LogP contribution is -2.50. The van der Waals surface area contributed by atoms with E-state index in [9.17, 15) is 4.79 Å². The van der Waals surface area contributed by atoms with Crippen LogP contribution in [0.5, 0.6) is 0 Å². The highest BCUT2D eigenvalue weighted by Crippen LogP contribution is 2.11. The predicted molar refractivity (Wildman–Crippen MR) is 86.5 cm³/mol. The minimum atomic E-state index is -3.07. The highest BCUT2D eigenvalue weighted by Gasteiger charge is 2.42. The van der Waals surface area contributed by atoms with Crippen LogP contribution in [0.15, 0.2) is 0 Å². The molecule has 0 spiro atoms. The molecule has 132 valence electrons. The molecule has 0 heterocycles. The Morgan fingerprint density at radius 2 is 1.59 bits per heavy atom. The molecule has 0 rings (SSSR count). The third-order valence-corrected chi connectivity index (χ3v) is 6.25. The van der Waals surface area contributed by atoms with Crippen LogP contribution in [-0.2, 0) is 32.0 Å². The highest BCUT2D eigenvalue weighted by molar-refractivity contribution is 6.69. The molecule has 0 fully saturated rings. The third-order valence-electron chi connectivity index (χ3n) is 2.97. The molecule has 0 aromatic rings. The summed E-state index contributed by atoms with van der Waals surface area (Å²) in [6.07, 6.45) is 0.673. The molecule has 0 N–H and O–H groups in total. The molecular formula is C13H30O7Si2. The van der Waals surface area contributed by atoms with Gasteiger partial charge in [-0.1, -0.05) is 13.8 Å². The maximum atomic E-state index is 11.7. The van der Waals surface area contributed by atoms with E-state index in [2.05, 4.69) is 19.6 Å². The van der Waals surface area contributed by atoms with Crippen LogP contribution in [0.3, 0.4) is 0 Å². The number of hydrogen-bond acceptors (Lipinski definition) is 7. The van der Waals surface area contributed by atoms with Crippen molar-refractivity contribution in [3.63, 3.8) is 0 Å². The molecule has 0 aliphatic carbocycles. The van der Waals surface area contributed by atoms with Crippen molar-refractivity contribution >= 4 is 23.1 Å². The largest absolute Gasteiger partial charge is 0.542 e. The second-order valence-corrected chi connectivity index (χ2v) is 13.1. The second kappa shape index (κ2) is 10.5. The molecule has 1 unspecified atom stereocenters. The monoisotopic (exact) mass is 354 g/mol. The van der Waals surface area contributed by atoms with Gasteiger partial charge in [0.1, 0.15) is 13.6 Å². The molecule has 0 saturated carbocycles. The summed E-state index contributed by atoms with van der Waals surface area (Å²) in [7, 11) is -1.76. The summed E-state index contributed by atoms with van der Waals surface area (Å²) < 4.78 is 32.2. The lowest BCUT2D eigenvalue weighted by atomic mass is 10.1. The average molecular weight is 355 g/mol. The quantitative estimate of drug-likeness (QED) is 0.230. The van der Waals surface area contributed by atoms with Crippen LogP contribution in [0.1, 0.15) is 20.3 Å². The highest BCUT2D eigenvalue weighted by atomic mass is 28.4. The van der Waals surface area contributed by atoms with Crippen molar-refractivity contribution in [3.05, 3.63) is 0 Å². The fourth-order valence-electron chi connectivity index (χ4n) is 1.21. The molecule has 22 heavy (non-hydrogen) atoms. The summed E-state index contributed by atoms with van der Waals surface area (Å²) >= 11 is 0. The first-order valence-electron chi connectivity index (χ1n) is 7.32. The summed E-state index contributed by atoms with van der Waals surface area (Å²) in [4.78, 5) is 11.7. The van der Waals surface area contributed by atoms with Gasteiger partial charge >= 0.3 is 14.8 Å². The zero-order valence-corrected chi connectivity index (χ0v) is 16.8. The van der Waals surface area contributed by atoms with E-state index in [-0.39, 0.29) is 31.7 Å². The van der Waals surface area contributed by atoms with E-state index in [1.807, 2.05) is 13.8 Å². The van der Waals surface area contributed by atoms with Gasteiger partial charge in [0.2, 0.25) is 0 Å². The van der Waals surface area contributed by atoms with Gasteiger partial charge in [0, 0.05) is 14.2 Å². The molecule has 0 aromatic heterocycles. The molecular weight excluding hydrogens is 324 g/mol. The van der Waals surface area contributed by atoms with Crippen molar-refractivity contribution in [2.45, 2.75) is 39.9 Å². The fraction of sp³-hybridized carbons (Fsp3) is 0.923. The first-order valence-corrected chi connectivity index (χ1v) is 12.7. The van der Waals surface area contributed by atoms with Crippen LogP contribution in [0.25, 0.3) is 0 Å². The zero-order chi connectivity index (χ0) is 17.2. The average Bonchev–Trinajstić information content (AvgIpc) is 2.48. The Balaban J connectivity index is 4.24. The lowest BCUT2D eigenvalue weighted by molar-refractivity contribution is -0.149. The van der Waals surface area contributed by atoms with Crippen LogP contribution < -0.4 is 0 Å². The van der Waals surface area contributed by atoms with Gasteiger partial charge in [0.05, 0.1) is 5.92 Å². The van der Waals surface area contributed by atoms with E-state index in [1.54, 1.807) is 0 Å². The van der Waals surface area contributed by atoms with E-state index in [1.165, 1.54) is 14.2 Å². The van der Waals surface area contributed by atoms with Crippen LogP contribution in [0.2, 0.25) is 19.6 Å². The molecule has 0 bridgehead atoms. The Morgan fingerprint density at radius 3 is 2.05 bits per heavy atom. The minimum Gasteiger partial charge on any atom is -0.461 e. The predicted octanol–water partition coefficient (Wildman–Crippen LogP) is 2.15. The molecule has 0 aliphatic rings. The second-order valence-electron chi connectivity index (χ2n) is 5.85. The van der Waals surface area contributed by atoms with E-state index >= 15 is 0 Å². The van der Waals surface area contributed by atoms with Crippen molar-refractivity contribution in [1.82, 2.24) is 0 Å². The number of ether oxygens (including phenoxy) is 2. The van der Waals surface area contributed by atoms with E-state index in [0.717, 1.165) is 0 Å². The molecule has 0 radical (unpaired) electrons. The molecule has 0 amide bonds. The summed E-state index contributed by atoms with van der Waals surface area (Å²) in [6.45, 7) is 10.0. The smallest absolute Gasteiger partial charge is 0.461 e. The van der Waals surface area contributed by atoms with Crippen molar-refractivity contribution in [2.75, 3.05) is 34.0 Å². The molecule has 9 heteroatoms. The maximum Gasteiger partial charge on any atom is 0.542 e. The topological polar surface area (TPSA) is 72.5 Å². The number of hydrogen-bond donors (Lipinski definition) is 0. The van der Waals surface area contributed by atoms with Crippen LogP contribution in [0, 0.1) is 5.92 Å². The van der Waals surface area contributed by atoms with Crippen LogP contribution >= 0.6 is 0 Å². The third kappa shape index (κ3) is 8.98. The molecule has 0 saturated heterocycles. The first-order chi connectivity index (χ1) is 10.2. The van der Waals surface area contributed by atoms with Crippen molar-refractivity contribution < 1.29 is 32.0 Å². The SMILES string of the molecule is CCC(C)C(=O)OC[Si](OC)(OC)OCOCO[Si](C)(C)C. The van der Waals surface area contributed by atoms with Crippen molar-refractivity contribution in [3.8, 4) is 0 Å². The number of carbonyl (C=O) groups is 1. The number of carbonyl (C=O) groups excluding carboxylic acids is 1. The van der Waals surface area contributed by atoms with E-state index in [0.29, 0.717) is 6.42 Å². The van der Waals surface area contributed by atoms with E-state index < -0.39 is 17.1 Å². The Morgan fingerprint density at radius 1 is 1.05 bits per heavy atom. The van der Waals surface area contributed by atoms with E-state index in [4.69, 9.17) is 27.2 Å². The fourth-order valence-corrected chi connectivity index (χ4v) is 2.95. The van der Waals surface area contributed by atoms with Gasteiger partial charge in [-0.25, -0.2) is 0 Å². The van der Waals surface area contributed by atoms with Gasteiger partial charge in [0.25, 0.3) is 0 Å². The molecule has 7 nitrogen and oxygen atoms in total. The summed E-state index contributed by atoms with van der Waals surface area (Å²) in [6, 6.07) is 0. The van der Waals surface area contributed by atoms with Gasteiger partial charge in [0.15, 0.2) is 14.5 Å². The lowest BCUT2D eigenvalue weighted by Gasteiger charge is -2.26.